The number of fused-ring (bicyclic) bond motifs is 2. The molecule has 2 unspecified atom stereocenters. The summed E-state index contributed by atoms with van der Waals surface area (Å²) in [6.07, 6.45) is 4.98. The van der Waals surface area contributed by atoms with E-state index in [4.69, 9.17) is 9.47 Å². The first kappa shape index (κ1) is 22.2. The molecule has 4 heterocycles. The SMILES string of the molecule is COc1ncc(-c2ccc(OC(F)F)cc2)cc1Nc1nc(N2CC3CCC(C2)O3)ncc1F. The van der Waals surface area contributed by atoms with Gasteiger partial charge in [0, 0.05) is 24.8 Å². The molecule has 1 aromatic carbocycles. The number of rotatable bonds is 7. The summed E-state index contributed by atoms with van der Waals surface area (Å²) in [5.74, 6) is 0.0700. The van der Waals surface area contributed by atoms with Crippen molar-refractivity contribution in [3.63, 3.8) is 0 Å². The summed E-state index contributed by atoms with van der Waals surface area (Å²) >= 11 is 0. The largest absolute Gasteiger partial charge is 0.480 e. The zero-order valence-corrected chi connectivity index (χ0v) is 18.2. The van der Waals surface area contributed by atoms with Crippen LogP contribution in [0.15, 0.2) is 42.7 Å². The van der Waals surface area contributed by atoms with Crippen LogP contribution in [0.5, 0.6) is 11.6 Å². The Morgan fingerprint density at radius 1 is 1.06 bits per heavy atom. The van der Waals surface area contributed by atoms with E-state index < -0.39 is 12.4 Å². The summed E-state index contributed by atoms with van der Waals surface area (Å²) < 4.78 is 55.0. The molecule has 0 saturated carbocycles. The fourth-order valence-corrected chi connectivity index (χ4v) is 4.19. The molecule has 0 amide bonds. The van der Waals surface area contributed by atoms with Gasteiger partial charge < -0.3 is 24.4 Å². The average Bonchev–Trinajstić information content (AvgIpc) is 3.17. The lowest BCUT2D eigenvalue weighted by Crippen LogP contribution is -2.43. The van der Waals surface area contributed by atoms with Crippen LogP contribution in [0.4, 0.5) is 30.6 Å². The predicted octanol–water partition coefficient (Wildman–Crippen LogP) is 4.40. The van der Waals surface area contributed by atoms with E-state index >= 15 is 0 Å². The molecular formula is C23H22F3N5O3. The van der Waals surface area contributed by atoms with E-state index in [0.29, 0.717) is 35.9 Å². The highest BCUT2D eigenvalue weighted by Crippen LogP contribution is 2.33. The summed E-state index contributed by atoms with van der Waals surface area (Å²) in [5.41, 5.74) is 1.75. The molecule has 8 nitrogen and oxygen atoms in total. The smallest absolute Gasteiger partial charge is 0.387 e. The quantitative estimate of drug-likeness (QED) is 0.541. The Morgan fingerprint density at radius 3 is 2.47 bits per heavy atom. The molecule has 0 radical (unpaired) electrons. The van der Waals surface area contributed by atoms with Gasteiger partial charge in [0.05, 0.1) is 25.5 Å². The Kier molecular flexibility index (Phi) is 6.10. The van der Waals surface area contributed by atoms with Crippen LogP contribution >= 0.6 is 0 Å². The van der Waals surface area contributed by atoms with Crippen LogP contribution in [-0.4, -0.2) is 54.0 Å². The normalized spacial score (nSPS) is 19.4. The maximum Gasteiger partial charge on any atom is 0.387 e. The highest BCUT2D eigenvalue weighted by atomic mass is 19.3. The highest BCUT2D eigenvalue weighted by Gasteiger charge is 2.35. The van der Waals surface area contributed by atoms with Gasteiger partial charge in [0.15, 0.2) is 11.6 Å². The van der Waals surface area contributed by atoms with Crippen molar-refractivity contribution in [2.45, 2.75) is 31.7 Å². The molecule has 3 aromatic rings. The number of hydrogen-bond donors (Lipinski definition) is 1. The Morgan fingerprint density at radius 2 is 1.79 bits per heavy atom. The van der Waals surface area contributed by atoms with Crippen LogP contribution in [0.3, 0.4) is 0 Å². The third-order valence-electron chi connectivity index (χ3n) is 5.77. The molecule has 1 N–H and O–H groups in total. The Balaban J connectivity index is 1.40. The summed E-state index contributed by atoms with van der Waals surface area (Å²) in [7, 11) is 1.45. The lowest BCUT2D eigenvalue weighted by Gasteiger charge is -2.32. The molecule has 2 fully saturated rings. The first-order chi connectivity index (χ1) is 16.5. The number of aromatic nitrogens is 3. The van der Waals surface area contributed by atoms with Crippen molar-refractivity contribution in [3.8, 4) is 22.8 Å². The number of benzene rings is 1. The fraction of sp³-hybridized carbons (Fsp3) is 0.348. The molecule has 0 aliphatic carbocycles. The first-order valence-corrected chi connectivity index (χ1v) is 10.8. The van der Waals surface area contributed by atoms with E-state index in [1.165, 1.54) is 19.2 Å². The zero-order chi connectivity index (χ0) is 23.7. The number of methoxy groups -OCH3 is 1. The minimum Gasteiger partial charge on any atom is -0.480 e. The van der Waals surface area contributed by atoms with Crippen LogP contribution in [0.1, 0.15) is 12.8 Å². The number of hydrogen-bond acceptors (Lipinski definition) is 8. The molecule has 34 heavy (non-hydrogen) atoms. The Bertz CT molecular complexity index is 1150. The first-order valence-electron chi connectivity index (χ1n) is 10.8. The molecule has 178 valence electrons. The molecule has 2 aliphatic rings. The molecule has 2 aromatic heterocycles. The highest BCUT2D eigenvalue weighted by molar-refractivity contribution is 5.72. The van der Waals surface area contributed by atoms with Crippen molar-refractivity contribution < 1.29 is 27.4 Å². The van der Waals surface area contributed by atoms with Crippen LogP contribution in [0, 0.1) is 5.82 Å². The van der Waals surface area contributed by atoms with Crippen LogP contribution in [0.2, 0.25) is 0 Å². The van der Waals surface area contributed by atoms with E-state index in [1.807, 2.05) is 4.90 Å². The minimum atomic E-state index is -2.90. The van der Waals surface area contributed by atoms with E-state index in [9.17, 15) is 13.2 Å². The lowest BCUT2D eigenvalue weighted by atomic mass is 10.1. The molecule has 2 aliphatic heterocycles. The molecule has 2 atom stereocenters. The third kappa shape index (κ3) is 4.69. The monoisotopic (exact) mass is 473 g/mol. The van der Waals surface area contributed by atoms with Gasteiger partial charge in [0.2, 0.25) is 11.8 Å². The van der Waals surface area contributed by atoms with Gasteiger partial charge in [-0.1, -0.05) is 12.1 Å². The van der Waals surface area contributed by atoms with Crippen molar-refractivity contribution in [2.24, 2.45) is 0 Å². The summed E-state index contributed by atoms with van der Waals surface area (Å²) in [5, 5.41) is 2.96. The second kappa shape index (κ2) is 9.34. The second-order valence-electron chi connectivity index (χ2n) is 8.04. The van der Waals surface area contributed by atoms with Crippen molar-refractivity contribution in [3.05, 3.63) is 48.5 Å². The number of halogens is 3. The second-order valence-corrected chi connectivity index (χ2v) is 8.04. The number of morpholine rings is 1. The number of pyridine rings is 1. The average molecular weight is 473 g/mol. The molecule has 2 saturated heterocycles. The fourth-order valence-electron chi connectivity index (χ4n) is 4.19. The lowest BCUT2D eigenvalue weighted by molar-refractivity contribution is -0.0498. The molecule has 2 bridgehead atoms. The van der Waals surface area contributed by atoms with E-state index in [-0.39, 0.29) is 29.7 Å². The topological polar surface area (TPSA) is 81.6 Å². The van der Waals surface area contributed by atoms with Crippen molar-refractivity contribution in [1.82, 2.24) is 15.0 Å². The number of nitrogens with one attached hydrogen (secondary N) is 1. The van der Waals surface area contributed by atoms with Gasteiger partial charge in [0.1, 0.15) is 11.4 Å². The van der Waals surface area contributed by atoms with Crippen molar-refractivity contribution in [1.29, 1.82) is 0 Å². The number of alkyl halides is 2. The summed E-state index contributed by atoms with van der Waals surface area (Å²) in [4.78, 5) is 14.9. The van der Waals surface area contributed by atoms with E-state index in [1.54, 1.807) is 24.4 Å². The molecule has 11 heteroatoms. The van der Waals surface area contributed by atoms with Gasteiger partial charge in [-0.2, -0.15) is 13.8 Å². The van der Waals surface area contributed by atoms with Crippen molar-refractivity contribution in [2.75, 3.05) is 30.4 Å². The molecular weight excluding hydrogens is 451 g/mol. The molecule has 0 spiro atoms. The van der Waals surface area contributed by atoms with Gasteiger partial charge in [-0.25, -0.2) is 14.4 Å². The van der Waals surface area contributed by atoms with Gasteiger partial charge >= 0.3 is 6.61 Å². The van der Waals surface area contributed by atoms with Crippen LogP contribution in [0.25, 0.3) is 11.1 Å². The Hall–Kier alpha value is -3.60. The number of ether oxygens (including phenoxy) is 3. The molecule has 5 rings (SSSR count). The standard InChI is InChI=1S/C23H22F3N5O3/c1-32-21-19(8-14(9-27-21)13-2-4-15(5-3-13)34-22(25)26)29-20-18(24)10-28-23(30-20)31-11-16-6-7-17(12-31)33-16/h2-5,8-10,16-17,22H,6-7,11-12H2,1H3,(H,28,29,30). The maximum absolute atomic E-state index is 14.6. The predicted molar refractivity (Wildman–Crippen MR) is 118 cm³/mol. The summed E-state index contributed by atoms with van der Waals surface area (Å²) in [6.45, 7) is -1.58. The van der Waals surface area contributed by atoms with Gasteiger partial charge in [0.25, 0.3) is 0 Å². The van der Waals surface area contributed by atoms with Gasteiger partial charge in [-0.3, -0.25) is 0 Å². The van der Waals surface area contributed by atoms with E-state index in [2.05, 4.69) is 25.0 Å². The third-order valence-corrected chi connectivity index (χ3v) is 5.77. The number of anilines is 3. The van der Waals surface area contributed by atoms with Crippen LogP contribution in [-0.2, 0) is 4.74 Å². The van der Waals surface area contributed by atoms with Gasteiger partial charge in [-0.15, -0.1) is 0 Å². The Labute approximate surface area is 193 Å². The number of nitrogens with zero attached hydrogens (tertiary/aromatic N) is 4. The minimum absolute atomic E-state index is 0.0122. The van der Waals surface area contributed by atoms with Gasteiger partial charge in [-0.05, 0) is 36.6 Å². The van der Waals surface area contributed by atoms with Crippen LogP contribution < -0.4 is 19.7 Å². The zero-order valence-electron chi connectivity index (χ0n) is 18.2. The van der Waals surface area contributed by atoms with E-state index in [0.717, 1.165) is 19.0 Å². The summed E-state index contributed by atoms with van der Waals surface area (Å²) in [6, 6.07) is 7.84. The maximum atomic E-state index is 14.6. The van der Waals surface area contributed by atoms with Crippen molar-refractivity contribution >= 4 is 17.5 Å².